The molecule has 1 fully saturated rings. The molecule has 0 spiro atoms. The molecule has 1 aliphatic rings. The molecular weight excluding hydrogens is 250 g/mol. The van der Waals surface area contributed by atoms with Crippen LogP contribution in [0.3, 0.4) is 0 Å². The van der Waals surface area contributed by atoms with Crippen LogP contribution in [0.15, 0.2) is 18.3 Å². The van der Waals surface area contributed by atoms with Gasteiger partial charge in [0, 0.05) is 18.8 Å². The van der Waals surface area contributed by atoms with Gasteiger partial charge in [0.1, 0.15) is 0 Å². The number of rotatable bonds is 5. The summed E-state index contributed by atoms with van der Waals surface area (Å²) in [4.78, 5) is 4.40. The maximum absolute atomic E-state index is 5.79. The SMILES string of the molecule is CC(C)Oc1cccnc1NCC1NCCCC1(C)C. The van der Waals surface area contributed by atoms with Crippen molar-refractivity contribution in [1.82, 2.24) is 10.3 Å². The molecular formula is C16H27N3O. The van der Waals surface area contributed by atoms with Gasteiger partial charge in [-0.3, -0.25) is 0 Å². The van der Waals surface area contributed by atoms with Gasteiger partial charge >= 0.3 is 0 Å². The van der Waals surface area contributed by atoms with Gasteiger partial charge in [-0.05, 0) is 50.8 Å². The molecule has 0 bridgehead atoms. The zero-order valence-corrected chi connectivity index (χ0v) is 13.1. The maximum Gasteiger partial charge on any atom is 0.168 e. The van der Waals surface area contributed by atoms with Crippen molar-refractivity contribution in [3.8, 4) is 5.75 Å². The van der Waals surface area contributed by atoms with Gasteiger partial charge in [-0.15, -0.1) is 0 Å². The van der Waals surface area contributed by atoms with E-state index >= 15 is 0 Å². The molecule has 0 radical (unpaired) electrons. The van der Waals surface area contributed by atoms with Gasteiger partial charge in [-0.1, -0.05) is 13.8 Å². The smallest absolute Gasteiger partial charge is 0.168 e. The van der Waals surface area contributed by atoms with E-state index in [1.54, 1.807) is 6.20 Å². The Morgan fingerprint density at radius 1 is 1.50 bits per heavy atom. The lowest BCUT2D eigenvalue weighted by molar-refractivity contribution is 0.188. The molecule has 1 atom stereocenters. The molecule has 2 N–H and O–H groups in total. The molecule has 1 aromatic heterocycles. The highest BCUT2D eigenvalue weighted by Crippen LogP contribution is 2.31. The molecule has 4 heteroatoms. The highest BCUT2D eigenvalue weighted by Gasteiger charge is 2.31. The summed E-state index contributed by atoms with van der Waals surface area (Å²) in [5.74, 6) is 1.67. The Hall–Kier alpha value is -1.29. The largest absolute Gasteiger partial charge is 0.487 e. The summed E-state index contributed by atoms with van der Waals surface area (Å²) in [6, 6.07) is 4.34. The summed E-state index contributed by atoms with van der Waals surface area (Å²) >= 11 is 0. The van der Waals surface area contributed by atoms with Gasteiger partial charge < -0.3 is 15.4 Å². The Kier molecular flexibility index (Phi) is 4.86. The molecule has 2 heterocycles. The minimum atomic E-state index is 0.156. The van der Waals surface area contributed by atoms with Crippen LogP contribution in [0, 0.1) is 5.41 Å². The summed E-state index contributed by atoms with van der Waals surface area (Å²) in [5, 5.41) is 7.05. The monoisotopic (exact) mass is 277 g/mol. The van der Waals surface area contributed by atoms with Gasteiger partial charge in [0.15, 0.2) is 11.6 Å². The average Bonchev–Trinajstić information content (AvgIpc) is 2.38. The van der Waals surface area contributed by atoms with Crippen LogP contribution in [0.25, 0.3) is 0 Å². The van der Waals surface area contributed by atoms with Crippen molar-refractivity contribution < 1.29 is 4.74 Å². The highest BCUT2D eigenvalue weighted by atomic mass is 16.5. The normalized spacial score (nSPS) is 21.8. The van der Waals surface area contributed by atoms with Crippen LogP contribution in [-0.4, -0.2) is 30.2 Å². The summed E-state index contributed by atoms with van der Waals surface area (Å²) in [7, 11) is 0. The second-order valence-electron chi connectivity index (χ2n) is 6.50. The average molecular weight is 277 g/mol. The number of nitrogens with zero attached hydrogens (tertiary/aromatic N) is 1. The standard InChI is InChI=1S/C16H27N3O/c1-12(2)20-13-7-5-9-18-15(13)19-11-14-16(3,4)8-6-10-17-14/h5,7,9,12,14,17H,6,8,10-11H2,1-4H3,(H,18,19). The number of hydrogen-bond acceptors (Lipinski definition) is 4. The first kappa shape index (κ1) is 15.1. The molecule has 2 rings (SSSR count). The van der Waals surface area contributed by atoms with Crippen molar-refractivity contribution in [2.75, 3.05) is 18.4 Å². The summed E-state index contributed by atoms with van der Waals surface area (Å²) in [6.07, 6.45) is 4.48. The minimum Gasteiger partial charge on any atom is -0.487 e. The molecule has 1 aliphatic heterocycles. The van der Waals surface area contributed by atoms with E-state index in [1.165, 1.54) is 12.8 Å². The van der Waals surface area contributed by atoms with Crippen LogP contribution < -0.4 is 15.4 Å². The Labute approximate surface area is 122 Å². The fourth-order valence-electron chi connectivity index (χ4n) is 2.69. The van der Waals surface area contributed by atoms with Crippen molar-refractivity contribution in [3.63, 3.8) is 0 Å². The number of hydrogen-bond donors (Lipinski definition) is 2. The predicted octanol–water partition coefficient (Wildman–Crippen LogP) is 3.06. The first-order chi connectivity index (χ1) is 9.49. The van der Waals surface area contributed by atoms with Crippen molar-refractivity contribution >= 4 is 5.82 Å². The number of aromatic nitrogens is 1. The van der Waals surface area contributed by atoms with Crippen molar-refractivity contribution in [1.29, 1.82) is 0 Å². The summed E-state index contributed by atoms with van der Waals surface area (Å²) in [5.41, 5.74) is 0.319. The third-order valence-corrected chi connectivity index (χ3v) is 3.94. The molecule has 112 valence electrons. The Bertz CT molecular complexity index is 431. The van der Waals surface area contributed by atoms with Crippen LogP contribution in [0.4, 0.5) is 5.82 Å². The molecule has 1 saturated heterocycles. The molecule has 4 nitrogen and oxygen atoms in total. The van der Waals surface area contributed by atoms with Crippen LogP contribution in [0.5, 0.6) is 5.75 Å². The van der Waals surface area contributed by atoms with Crippen molar-refractivity contribution in [3.05, 3.63) is 18.3 Å². The lowest BCUT2D eigenvalue weighted by Crippen LogP contribution is -2.50. The van der Waals surface area contributed by atoms with Crippen LogP contribution in [0.1, 0.15) is 40.5 Å². The fourth-order valence-corrected chi connectivity index (χ4v) is 2.69. The third kappa shape index (κ3) is 3.85. The summed E-state index contributed by atoms with van der Waals surface area (Å²) in [6.45, 7) is 10.7. The number of pyridine rings is 1. The zero-order valence-electron chi connectivity index (χ0n) is 13.1. The lowest BCUT2D eigenvalue weighted by atomic mass is 9.77. The second-order valence-corrected chi connectivity index (χ2v) is 6.50. The van der Waals surface area contributed by atoms with E-state index in [0.29, 0.717) is 11.5 Å². The van der Waals surface area contributed by atoms with E-state index in [4.69, 9.17) is 4.74 Å². The van der Waals surface area contributed by atoms with E-state index in [0.717, 1.165) is 24.7 Å². The topological polar surface area (TPSA) is 46.2 Å². The van der Waals surface area contributed by atoms with E-state index in [9.17, 15) is 0 Å². The number of nitrogens with one attached hydrogen (secondary N) is 2. The van der Waals surface area contributed by atoms with Crippen LogP contribution in [0.2, 0.25) is 0 Å². The predicted molar refractivity (Wildman–Crippen MR) is 83.3 cm³/mol. The number of ether oxygens (including phenoxy) is 1. The van der Waals surface area contributed by atoms with Crippen LogP contribution >= 0.6 is 0 Å². The molecule has 0 amide bonds. The molecule has 0 saturated carbocycles. The first-order valence-corrected chi connectivity index (χ1v) is 7.58. The van der Waals surface area contributed by atoms with Crippen LogP contribution in [-0.2, 0) is 0 Å². The Morgan fingerprint density at radius 2 is 2.30 bits per heavy atom. The van der Waals surface area contributed by atoms with Crippen molar-refractivity contribution in [2.24, 2.45) is 5.41 Å². The number of piperidine rings is 1. The van der Waals surface area contributed by atoms with Crippen molar-refractivity contribution in [2.45, 2.75) is 52.7 Å². The van der Waals surface area contributed by atoms with Gasteiger partial charge in [-0.2, -0.15) is 0 Å². The van der Waals surface area contributed by atoms with Gasteiger partial charge in [0.05, 0.1) is 6.10 Å². The molecule has 1 unspecified atom stereocenters. The molecule has 1 aromatic rings. The van der Waals surface area contributed by atoms with E-state index in [-0.39, 0.29) is 6.10 Å². The van der Waals surface area contributed by atoms with Gasteiger partial charge in [0.25, 0.3) is 0 Å². The third-order valence-electron chi connectivity index (χ3n) is 3.94. The Morgan fingerprint density at radius 3 is 3.00 bits per heavy atom. The highest BCUT2D eigenvalue weighted by molar-refractivity contribution is 5.49. The Balaban J connectivity index is 2.00. The lowest BCUT2D eigenvalue weighted by Gasteiger charge is -2.39. The molecule has 20 heavy (non-hydrogen) atoms. The number of anilines is 1. The van der Waals surface area contributed by atoms with E-state index in [2.05, 4.69) is 29.5 Å². The van der Waals surface area contributed by atoms with E-state index < -0.39 is 0 Å². The second kappa shape index (κ2) is 6.44. The first-order valence-electron chi connectivity index (χ1n) is 7.58. The zero-order chi connectivity index (χ0) is 14.6. The van der Waals surface area contributed by atoms with E-state index in [1.807, 2.05) is 26.0 Å². The van der Waals surface area contributed by atoms with Gasteiger partial charge in [-0.25, -0.2) is 4.98 Å². The quantitative estimate of drug-likeness (QED) is 0.868. The molecule has 0 aromatic carbocycles. The fraction of sp³-hybridized carbons (Fsp3) is 0.688. The minimum absolute atomic E-state index is 0.156. The van der Waals surface area contributed by atoms with Gasteiger partial charge in [0.2, 0.25) is 0 Å². The summed E-state index contributed by atoms with van der Waals surface area (Å²) < 4.78 is 5.79. The maximum atomic E-state index is 5.79. The molecule has 0 aliphatic carbocycles.